The second kappa shape index (κ2) is 7.44. The number of Topliss-reactive ketones (excluding diaryl/α,β-unsaturated/α-hetero) is 1. The van der Waals surface area contributed by atoms with Crippen LogP contribution in [-0.2, 0) is 4.74 Å². The van der Waals surface area contributed by atoms with Crippen molar-refractivity contribution in [2.75, 3.05) is 13.2 Å². The normalized spacial score (nSPS) is 19.1. The van der Waals surface area contributed by atoms with Crippen molar-refractivity contribution in [1.82, 2.24) is 0 Å². The van der Waals surface area contributed by atoms with E-state index in [1.807, 2.05) is 6.92 Å². The molecule has 5 nitrogen and oxygen atoms in total. The number of allylic oxidation sites excluding steroid dienone is 1. The minimum atomic E-state index is -2.27. The van der Waals surface area contributed by atoms with Crippen molar-refractivity contribution in [2.45, 2.75) is 26.1 Å². The van der Waals surface area contributed by atoms with Crippen LogP contribution in [0.1, 0.15) is 30.6 Å². The zero-order valence-corrected chi connectivity index (χ0v) is 13.4. The summed E-state index contributed by atoms with van der Waals surface area (Å²) in [5.74, 6) is -2.70. The molecule has 0 saturated heterocycles. The molecular weight excluding hydrogens is 296 g/mol. The number of carbonyl (C=O) groups excluding carboxylic acids is 1. The number of benzene rings is 1. The standard InChI is InChI=1S/C18H22O5/c1-3-11-23-14-7-5-13(6-8-14)17(19)16-10-9-15(22-4-2)12-18(16,20)21/h5-10,12,16,20-21H,3-4,11H2,1-2H3. The van der Waals surface area contributed by atoms with E-state index in [1.165, 1.54) is 6.08 Å². The average molecular weight is 318 g/mol. The van der Waals surface area contributed by atoms with Gasteiger partial charge >= 0.3 is 0 Å². The van der Waals surface area contributed by atoms with Crippen molar-refractivity contribution < 1.29 is 24.5 Å². The Morgan fingerprint density at radius 3 is 2.43 bits per heavy atom. The van der Waals surface area contributed by atoms with Gasteiger partial charge in [0.2, 0.25) is 5.79 Å². The fourth-order valence-electron chi connectivity index (χ4n) is 2.33. The molecule has 23 heavy (non-hydrogen) atoms. The van der Waals surface area contributed by atoms with Gasteiger partial charge in [0.05, 0.1) is 19.1 Å². The first-order valence-electron chi connectivity index (χ1n) is 7.73. The first kappa shape index (κ1) is 17.2. The summed E-state index contributed by atoms with van der Waals surface area (Å²) in [6.07, 6.45) is 5.09. The Kier molecular flexibility index (Phi) is 5.58. The van der Waals surface area contributed by atoms with E-state index in [-0.39, 0.29) is 5.78 Å². The van der Waals surface area contributed by atoms with E-state index in [0.29, 0.717) is 30.3 Å². The molecule has 2 rings (SSSR count). The number of carbonyl (C=O) groups is 1. The van der Waals surface area contributed by atoms with Crippen molar-refractivity contribution >= 4 is 5.78 Å². The SMILES string of the molecule is CCCOc1ccc(C(=O)C2C=CC(OCC)=CC2(O)O)cc1. The Labute approximate surface area is 135 Å². The second-order valence-corrected chi connectivity index (χ2v) is 5.34. The van der Waals surface area contributed by atoms with Gasteiger partial charge in [-0.2, -0.15) is 0 Å². The molecule has 1 aliphatic rings. The van der Waals surface area contributed by atoms with Crippen LogP contribution in [0.2, 0.25) is 0 Å². The minimum Gasteiger partial charge on any atom is -0.494 e. The maximum absolute atomic E-state index is 12.5. The summed E-state index contributed by atoms with van der Waals surface area (Å²) in [6.45, 7) is 4.83. The third kappa shape index (κ3) is 4.21. The highest BCUT2D eigenvalue weighted by Crippen LogP contribution is 2.29. The number of rotatable bonds is 7. The molecule has 1 aromatic carbocycles. The molecule has 5 heteroatoms. The predicted octanol–water partition coefficient (Wildman–Crippen LogP) is 2.45. The highest BCUT2D eigenvalue weighted by atomic mass is 16.5. The molecule has 1 aliphatic carbocycles. The highest BCUT2D eigenvalue weighted by molar-refractivity contribution is 6.00. The molecule has 2 N–H and O–H groups in total. The molecule has 124 valence electrons. The predicted molar refractivity (Wildman–Crippen MR) is 86.1 cm³/mol. The topological polar surface area (TPSA) is 76.0 Å². The van der Waals surface area contributed by atoms with Gasteiger partial charge in [-0.1, -0.05) is 13.0 Å². The maximum Gasteiger partial charge on any atom is 0.200 e. The number of ether oxygens (including phenoxy) is 2. The van der Waals surface area contributed by atoms with Crippen molar-refractivity contribution in [1.29, 1.82) is 0 Å². The maximum atomic E-state index is 12.5. The molecule has 0 saturated carbocycles. The summed E-state index contributed by atoms with van der Waals surface area (Å²) in [4.78, 5) is 12.5. The van der Waals surface area contributed by atoms with Crippen LogP contribution in [-0.4, -0.2) is 35.0 Å². The van der Waals surface area contributed by atoms with Crippen LogP contribution in [0.4, 0.5) is 0 Å². The molecule has 0 radical (unpaired) electrons. The first-order chi connectivity index (χ1) is 11.0. The van der Waals surface area contributed by atoms with Gasteiger partial charge in [-0.3, -0.25) is 4.79 Å². The molecular formula is C18H22O5. The Bertz CT molecular complexity index is 598. The third-order valence-electron chi connectivity index (χ3n) is 3.47. The van der Waals surface area contributed by atoms with Crippen molar-refractivity contribution in [3.8, 4) is 5.75 Å². The van der Waals surface area contributed by atoms with Crippen molar-refractivity contribution in [2.24, 2.45) is 5.92 Å². The molecule has 0 heterocycles. The summed E-state index contributed by atoms with van der Waals surface area (Å²) in [5, 5.41) is 20.3. The van der Waals surface area contributed by atoms with E-state index in [0.717, 1.165) is 12.5 Å². The van der Waals surface area contributed by atoms with Gasteiger partial charge in [0.15, 0.2) is 5.78 Å². The van der Waals surface area contributed by atoms with Gasteiger partial charge in [0, 0.05) is 11.6 Å². The van der Waals surface area contributed by atoms with Crippen LogP contribution in [0, 0.1) is 5.92 Å². The summed E-state index contributed by atoms with van der Waals surface area (Å²) < 4.78 is 10.7. The summed E-state index contributed by atoms with van der Waals surface area (Å²) in [7, 11) is 0. The monoisotopic (exact) mass is 318 g/mol. The van der Waals surface area contributed by atoms with E-state index < -0.39 is 11.7 Å². The molecule has 1 aromatic rings. The first-order valence-corrected chi connectivity index (χ1v) is 7.73. The quantitative estimate of drug-likeness (QED) is 0.596. The molecule has 1 atom stereocenters. The van der Waals surface area contributed by atoms with E-state index in [2.05, 4.69) is 0 Å². The number of aliphatic hydroxyl groups is 2. The lowest BCUT2D eigenvalue weighted by atomic mass is 9.86. The van der Waals surface area contributed by atoms with E-state index in [4.69, 9.17) is 9.47 Å². The summed E-state index contributed by atoms with van der Waals surface area (Å²) >= 11 is 0. The fraction of sp³-hybridized carbons (Fsp3) is 0.389. The summed E-state index contributed by atoms with van der Waals surface area (Å²) in [6, 6.07) is 6.65. The molecule has 0 aliphatic heterocycles. The largest absolute Gasteiger partial charge is 0.494 e. The summed E-state index contributed by atoms with van der Waals surface area (Å²) in [5.41, 5.74) is 0.393. The Balaban J connectivity index is 2.13. The fourth-order valence-corrected chi connectivity index (χ4v) is 2.33. The highest BCUT2D eigenvalue weighted by Gasteiger charge is 2.39. The van der Waals surface area contributed by atoms with Gasteiger partial charge < -0.3 is 19.7 Å². The average Bonchev–Trinajstić information content (AvgIpc) is 2.52. The van der Waals surface area contributed by atoms with Crippen LogP contribution in [0.15, 0.2) is 48.3 Å². The lowest BCUT2D eigenvalue weighted by Crippen LogP contribution is -2.41. The molecule has 0 aromatic heterocycles. The van der Waals surface area contributed by atoms with E-state index in [9.17, 15) is 15.0 Å². The van der Waals surface area contributed by atoms with Gasteiger partial charge in [0.25, 0.3) is 0 Å². The number of hydrogen-bond acceptors (Lipinski definition) is 5. The van der Waals surface area contributed by atoms with Crippen LogP contribution >= 0.6 is 0 Å². The zero-order chi connectivity index (χ0) is 16.9. The Morgan fingerprint density at radius 2 is 1.87 bits per heavy atom. The Hall–Kier alpha value is -2.11. The van der Waals surface area contributed by atoms with Gasteiger partial charge in [-0.05, 0) is 43.7 Å². The zero-order valence-electron chi connectivity index (χ0n) is 13.4. The van der Waals surface area contributed by atoms with Gasteiger partial charge in [0.1, 0.15) is 11.5 Å². The minimum absolute atomic E-state index is 0.338. The number of hydrogen-bond donors (Lipinski definition) is 2. The molecule has 0 fully saturated rings. The van der Waals surface area contributed by atoms with Crippen molar-refractivity contribution in [3.63, 3.8) is 0 Å². The van der Waals surface area contributed by atoms with Crippen LogP contribution in [0.25, 0.3) is 0 Å². The Morgan fingerprint density at radius 1 is 1.17 bits per heavy atom. The lowest BCUT2D eigenvalue weighted by Gasteiger charge is -2.28. The number of ketones is 1. The van der Waals surface area contributed by atoms with Gasteiger partial charge in [-0.15, -0.1) is 0 Å². The lowest BCUT2D eigenvalue weighted by molar-refractivity contribution is -0.139. The molecule has 0 spiro atoms. The van der Waals surface area contributed by atoms with Crippen molar-refractivity contribution in [3.05, 3.63) is 53.8 Å². The van der Waals surface area contributed by atoms with Crippen LogP contribution < -0.4 is 4.74 Å². The molecule has 0 amide bonds. The third-order valence-corrected chi connectivity index (χ3v) is 3.47. The van der Waals surface area contributed by atoms with Crippen LogP contribution in [0.3, 0.4) is 0 Å². The van der Waals surface area contributed by atoms with E-state index in [1.54, 1.807) is 37.3 Å². The molecule has 1 unspecified atom stereocenters. The smallest absolute Gasteiger partial charge is 0.200 e. The van der Waals surface area contributed by atoms with Gasteiger partial charge in [-0.25, -0.2) is 0 Å². The second-order valence-electron chi connectivity index (χ2n) is 5.34. The van der Waals surface area contributed by atoms with Crippen LogP contribution in [0.5, 0.6) is 5.75 Å². The molecule has 0 bridgehead atoms. The van der Waals surface area contributed by atoms with E-state index >= 15 is 0 Å².